The van der Waals surface area contributed by atoms with Crippen LogP contribution in [-0.2, 0) is 0 Å². The number of hydrogen-bond donors (Lipinski definition) is 1. The second kappa shape index (κ2) is 4.83. The fourth-order valence-corrected chi connectivity index (χ4v) is 1.58. The molecule has 1 amide bonds. The molecule has 0 saturated carbocycles. The van der Waals surface area contributed by atoms with E-state index in [4.69, 9.17) is 5.73 Å². The van der Waals surface area contributed by atoms with Crippen molar-refractivity contribution in [2.75, 3.05) is 17.7 Å². The first kappa shape index (κ1) is 12.0. The van der Waals surface area contributed by atoms with Gasteiger partial charge in [-0.05, 0) is 24.3 Å². The first-order chi connectivity index (χ1) is 8.59. The van der Waals surface area contributed by atoms with Crippen molar-refractivity contribution in [3.8, 4) is 0 Å². The van der Waals surface area contributed by atoms with Crippen LogP contribution in [0.25, 0.3) is 0 Å². The zero-order valence-electron chi connectivity index (χ0n) is 9.80. The summed E-state index contributed by atoms with van der Waals surface area (Å²) in [5, 5.41) is 0. The molecule has 2 rings (SSSR count). The highest BCUT2D eigenvalue weighted by Gasteiger charge is 2.16. The molecule has 0 aliphatic heterocycles. The molecule has 2 N–H and O–H groups in total. The van der Waals surface area contributed by atoms with Gasteiger partial charge in [0.15, 0.2) is 0 Å². The van der Waals surface area contributed by atoms with E-state index in [1.165, 1.54) is 17.0 Å². The highest BCUT2D eigenvalue weighted by atomic mass is 19.1. The molecule has 1 heterocycles. The van der Waals surface area contributed by atoms with E-state index in [9.17, 15) is 9.18 Å². The van der Waals surface area contributed by atoms with E-state index in [0.29, 0.717) is 11.4 Å². The molecule has 1 aromatic heterocycles. The number of pyridine rings is 1. The van der Waals surface area contributed by atoms with Gasteiger partial charge < -0.3 is 10.6 Å². The molecule has 0 unspecified atom stereocenters. The topological polar surface area (TPSA) is 59.2 Å². The first-order valence-corrected chi connectivity index (χ1v) is 5.33. The molecule has 92 valence electrons. The Bertz CT molecular complexity index is 569. The second-order valence-electron chi connectivity index (χ2n) is 3.78. The lowest BCUT2D eigenvalue weighted by Crippen LogP contribution is -2.27. The van der Waals surface area contributed by atoms with Gasteiger partial charge >= 0.3 is 0 Å². The number of hydrogen-bond acceptors (Lipinski definition) is 3. The summed E-state index contributed by atoms with van der Waals surface area (Å²) in [7, 11) is 1.60. The van der Waals surface area contributed by atoms with Crippen molar-refractivity contribution in [3.05, 3.63) is 54.1 Å². The average molecular weight is 245 g/mol. The van der Waals surface area contributed by atoms with Gasteiger partial charge in [-0.1, -0.05) is 12.1 Å². The number of rotatable bonds is 2. The SMILES string of the molecule is CN(C(=O)c1ccc(F)cn1)c1ccccc1N. The molecule has 0 radical (unpaired) electrons. The Morgan fingerprint density at radius 2 is 2.00 bits per heavy atom. The number of benzene rings is 1. The molecular formula is C13H12FN3O. The van der Waals surface area contributed by atoms with E-state index in [1.54, 1.807) is 31.3 Å². The summed E-state index contributed by atoms with van der Waals surface area (Å²) >= 11 is 0. The minimum Gasteiger partial charge on any atom is -0.397 e. The molecule has 0 saturated heterocycles. The fourth-order valence-electron chi connectivity index (χ4n) is 1.58. The number of carbonyl (C=O) groups excluding carboxylic acids is 1. The summed E-state index contributed by atoms with van der Waals surface area (Å²) in [6, 6.07) is 9.55. The van der Waals surface area contributed by atoms with Gasteiger partial charge in [0.1, 0.15) is 11.5 Å². The maximum absolute atomic E-state index is 12.7. The Kier molecular flexibility index (Phi) is 3.23. The Morgan fingerprint density at radius 1 is 1.28 bits per heavy atom. The molecule has 1 aromatic carbocycles. The maximum Gasteiger partial charge on any atom is 0.276 e. The minimum absolute atomic E-state index is 0.169. The van der Waals surface area contributed by atoms with Gasteiger partial charge in [-0.2, -0.15) is 0 Å². The van der Waals surface area contributed by atoms with Crippen molar-refractivity contribution in [2.45, 2.75) is 0 Å². The largest absolute Gasteiger partial charge is 0.397 e. The number of aromatic nitrogens is 1. The van der Waals surface area contributed by atoms with Crippen molar-refractivity contribution in [1.82, 2.24) is 4.98 Å². The predicted octanol–water partition coefficient (Wildman–Crippen LogP) is 2.08. The van der Waals surface area contributed by atoms with E-state index in [2.05, 4.69) is 4.98 Å². The molecule has 0 aliphatic rings. The van der Waals surface area contributed by atoms with Gasteiger partial charge in [0.25, 0.3) is 5.91 Å². The van der Waals surface area contributed by atoms with Gasteiger partial charge in [-0.25, -0.2) is 9.37 Å². The summed E-state index contributed by atoms with van der Waals surface area (Å²) in [5.74, 6) is -0.818. The standard InChI is InChI=1S/C13H12FN3O/c1-17(12-5-3-2-4-10(12)15)13(18)11-7-6-9(14)8-16-11/h2-8H,15H2,1H3. The monoisotopic (exact) mass is 245 g/mol. The van der Waals surface area contributed by atoms with Crippen LogP contribution in [0, 0.1) is 5.82 Å². The van der Waals surface area contributed by atoms with Gasteiger partial charge in [0, 0.05) is 7.05 Å². The predicted molar refractivity (Wildman–Crippen MR) is 67.8 cm³/mol. The number of carbonyl (C=O) groups is 1. The molecule has 4 nitrogen and oxygen atoms in total. The van der Waals surface area contributed by atoms with E-state index in [0.717, 1.165) is 6.20 Å². The van der Waals surface area contributed by atoms with Gasteiger partial charge in [0.2, 0.25) is 0 Å². The van der Waals surface area contributed by atoms with Crippen LogP contribution in [0.4, 0.5) is 15.8 Å². The van der Waals surface area contributed by atoms with Crippen molar-refractivity contribution in [2.24, 2.45) is 0 Å². The lowest BCUT2D eigenvalue weighted by Gasteiger charge is -2.18. The highest BCUT2D eigenvalue weighted by molar-refractivity contribution is 6.05. The van der Waals surface area contributed by atoms with Crippen molar-refractivity contribution in [1.29, 1.82) is 0 Å². The summed E-state index contributed by atoms with van der Waals surface area (Å²) in [5.41, 5.74) is 7.04. The van der Waals surface area contributed by atoms with Gasteiger partial charge in [-0.15, -0.1) is 0 Å². The molecular weight excluding hydrogens is 233 g/mol. The third-order valence-corrected chi connectivity index (χ3v) is 2.55. The third kappa shape index (κ3) is 2.29. The van der Waals surface area contributed by atoms with E-state index in [1.807, 2.05) is 0 Å². The Hall–Kier alpha value is -2.43. The molecule has 2 aromatic rings. The van der Waals surface area contributed by atoms with Crippen LogP contribution in [0.15, 0.2) is 42.6 Å². The molecule has 0 fully saturated rings. The normalized spacial score (nSPS) is 10.1. The average Bonchev–Trinajstić information content (AvgIpc) is 2.38. The van der Waals surface area contributed by atoms with E-state index < -0.39 is 5.82 Å². The van der Waals surface area contributed by atoms with Crippen molar-refractivity contribution >= 4 is 17.3 Å². The van der Waals surface area contributed by atoms with Crippen LogP contribution in [0.3, 0.4) is 0 Å². The zero-order valence-corrected chi connectivity index (χ0v) is 9.80. The zero-order chi connectivity index (χ0) is 13.1. The summed E-state index contributed by atoms with van der Waals surface area (Å²) in [6.45, 7) is 0. The summed E-state index contributed by atoms with van der Waals surface area (Å²) < 4.78 is 12.7. The molecule has 0 aliphatic carbocycles. The van der Waals surface area contributed by atoms with Crippen LogP contribution in [-0.4, -0.2) is 17.9 Å². The number of nitrogen functional groups attached to an aromatic ring is 1. The Balaban J connectivity index is 2.29. The van der Waals surface area contributed by atoms with Gasteiger partial charge in [-0.3, -0.25) is 4.79 Å². The highest BCUT2D eigenvalue weighted by Crippen LogP contribution is 2.22. The number of anilines is 2. The number of nitrogens with zero attached hydrogens (tertiary/aromatic N) is 2. The van der Waals surface area contributed by atoms with Crippen LogP contribution in [0.5, 0.6) is 0 Å². The quantitative estimate of drug-likeness (QED) is 0.824. The smallest absolute Gasteiger partial charge is 0.276 e. The minimum atomic E-state index is -0.478. The molecule has 0 atom stereocenters. The van der Waals surface area contributed by atoms with Crippen LogP contribution >= 0.6 is 0 Å². The first-order valence-electron chi connectivity index (χ1n) is 5.33. The summed E-state index contributed by atoms with van der Waals surface area (Å²) in [6.07, 6.45) is 1.01. The van der Waals surface area contributed by atoms with Crippen LogP contribution < -0.4 is 10.6 Å². The lowest BCUT2D eigenvalue weighted by atomic mass is 10.2. The summed E-state index contributed by atoms with van der Waals surface area (Å²) in [4.78, 5) is 17.2. The van der Waals surface area contributed by atoms with Crippen molar-refractivity contribution < 1.29 is 9.18 Å². The van der Waals surface area contributed by atoms with E-state index in [-0.39, 0.29) is 11.6 Å². The van der Waals surface area contributed by atoms with Crippen LogP contribution in [0.2, 0.25) is 0 Å². The number of amides is 1. The van der Waals surface area contributed by atoms with Crippen LogP contribution in [0.1, 0.15) is 10.5 Å². The van der Waals surface area contributed by atoms with Crippen molar-refractivity contribution in [3.63, 3.8) is 0 Å². The molecule has 18 heavy (non-hydrogen) atoms. The fraction of sp³-hybridized carbons (Fsp3) is 0.0769. The Morgan fingerprint density at radius 3 is 2.61 bits per heavy atom. The molecule has 0 spiro atoms. The number of para-hydroxylation sites is 2. The number of halogens is 1. The second-order valence-corrected chi connectivity index (χ2v) is 3.78. The third-order valence-electron chi connectivity index (χ3n) is 2.55. The molecule has 0 bridgehead atoms. The molecule has 5 heteroatoms. The lowest BCUT2D eigenvalue weighted by molar-refractivity contribution is 0.0988. The maximum atomic E-state index is 12.7. The van der Waals surface area contributed by atoms with Gasteiger partial charge in [0.05, 0.1) is 17.6 Å². The Labute approximate surface area is 104 Å². The number of nitrogens with two attached hydrogens (primary N) is 1. The van der Waals surface area contributed by atoms with E-state index >= 15 is 0 Å².